The lowest BCUT2D eigenvalue weighted by atomic mass is 10.1. The van der Waals surface area contributed by atoms with Crippen LogP contribution in [0.5, 0.6) is 11.6 Å². The van der Waals surface area contributed by atoms with Crippen LogP contribution in [0, 0.1) is 0 Å². The number of hydrogen-bond donors (Lipinski definition) is 2. The lowest BCUT2D eigenvalue weighted by Crippen LogP contribution is -1.99. The maximum Gasteiger partial charge on any atom is 0.243 e. The van der Waals surface area contributed by atoms with Crippen molar-refractivity contribution in [2.45, 2.75) is 6.42 Å². The molecule has 1 heterocycles. The Labute approximate surface area is 109 Å². The zero-order chi connectivity index (χ0) is 13.0. The molecule has 2 aromatic rings. The van der Waals surface area contributed by atoms with Crippen molar-refractivity contribution < 1.29 is 9.84 Å². The van der Waals surface area contributed by atoms with Crippen molar-refractivity contribution in [1.29, 1.82) is 0 Å². The van der Waals surface area contributed by atoms with Crippen LogP contribution in [-0.4, -0.2) is 21.7 Å². The van der Waals surface area contributed by atoms with E-state index in [0.29, 0.717) is 12.2 Å². The fourth-order valence-electron chi connectivity index (χ4n) is 1.47. The van der Waals surface area contributed by atoms with Crippen LogP contribution in [0.1, 0.15) is 5.56 Å². The molecule has 2 rings (SSSR count). The Balaban J connectivity index is 2.31. The monoisotopic (exact) mass is 265 g/mol. The standard InChI is InChI=1S/C12H12ClN3O2/c13-10-11(14)15-7-16-12(10)18-9-4-2-1-3-8(9)5-6-17/h1-4,7,17H,5-6H2,(H2,14,15,16). The minimum Gasteiger partial charge on any atom is -0.437 e. The highest BCUT2D eigenvalue weighted by molar-refractivity contribution is 6.34. The lowest BCUT2D eigenvalue weighted by molar-refractivity contribution is 0.297. The summed E-state index contributed by atoms with van der Waals surface area (Å²) >= 11 is 5.95. The number of anilines is 1. The Kier molecular flexibility index (Phi) is 3.96. The molecule has 0 aliphatic carbocycles. The van der Waals surface area contributed by atoms with Gasteiger partial charge < -0.3 is 15.6 Å². The summed E-state index contributed by atoms with van der Waals surface area (Å²) in [6.45, 7) is 0.0417. The van der Waals surface area contributed by atoms with Gasteiger partial charge in [0.05, 0.1) is 0 Å². The van der Waals surface area contributed by atoms with E-state index in [-0.39, 0.29) is 23.3 Å². The molecule has 1 aromatic heterocycles. The summed E-state index contributed by atoms with van der Waals surface area (Å²) in [6, 6.07) is 7.34. The number of benzene rings is 1. The summed E-state index contributed by atoms with van der Waals surface area (Å²) in [5.74, 6) is 0.961. The van der Waals surface area contributed by atoms with E-state index in [1.54, 1.807) is 6.07 Å². The highest BCUT2D eigenvalue weighted by Crippen LogP contribution is 2.31. The number of nitrogen functional groups attached to an aromatic ring is 1. The maximum absolute atomic E-state index is 8.98. The van der Waals surface area contributed by atoms with Crippen molar-refractivity contribution in [3.05, 3.63) is 41.2 Å². The molecule has 5 nitrogen and oxygen atoms in total. The number of para-hydroxylation sites is 1. The number of halogens is 1. The van der Waals surface area contributed by atoms with Crippen molar-refractivity contribution in [3.63, 3.8) is 0 Å². The molecule has 0 radical (unpaired) electrons. The number of hydrogen-bond acceptors (Lipinski definition) is 5. The van der Waals surface area contributed by atoms with Crippen LogP contribution >= 0.6 is 11.6 Å². The van der Waals surface area contributed by atoms with Crippen LogP contribution in [0.2, 0.25) is 5.02 Å². The van der Waals surface area contributed by atoms with Gasteiger partial charge in [0, 0.05) is 6.61 Å². The molecule has 0 spiro atoms. The molecule has 18 heavy (non-hydrogen) atoms. The number of nitrogens with zero attached hydrogens (tertiary/aromatic N) is 2. The largest absolute Gasteiger partial charge is 0.437 e. The van der Waals surface area contributed by atoms with Crippen molar-refractivity contribution in [3.8, 4) is 11.6 Å². The van der Waals surface area contributed by atoms with Gasteiger partial charge in [-0.1, -0.05) is 29.8 Å². The first-order chi connectivity index (χ1) is 8.72. The quantitative estimate of drug-likeness (QED) is 0.884. The average molecular weight is 266 g/mol. The summed E-state index contributed by atoms with van der Waals surface area (Å²) in [6.07, 6.45) is 1.78. The fraction of sp³-hybridized carbons (Fsp3) is 0.167. The van der Waals surface area contributed by atoms with Gasteiger partial charge in [0.15, 0.2) is 0 Å². The number of ether oxygens (including phenoxy) is 1. The van der Waals surface area contributed by atoms with E-state index in [0.717, 1.165) is 5.56 Å². The Morgan fingerprint density at radius 2 is 2.06 bits per heavy atom. The van der Waals surface area contributed by atoms with Crippen molar-refractivity contribution in [1.82, 2.24) is 9.97 Å². The molecule has 3 N–H and O–H groups in total. The second-order valence-electron chi connectivity index (χ2n) is 3.56. The van der Waals surface area contributed by atoms with E-state index in [1.807, 2.05) is 18.2 Å². The number of aliphatic hydroxyl groups excluding tert-OH is 1. The summed E-state index contributed by atoms with van der Waals surface area (Å²) in [5, 5.41) is 9.16. The summed E-state index contributed by atoms with van der Waals surface area (Å²) in [7, 11) is 0. The second-order valence-corrected chi connectivity index (χ2v) is 3.94. The summed E-state index contributed by atoms with van der Waals surface area (Å²) in [4.78, 5) is 7.68. The SMILES string of the molecule is Nc1ncnc(Oc2ccccc2CCO)c1Cl. The molecule has 0 unspecified atom stereocenters. The number of nitrogens with two attached hydrogens (primary N) is 1. The van der Waals surface area contributed by atoms with E-state index in [4.69, 9.17) is 27.2 Å². The summed E-state index contributed by atoms with van der Waals surface area (Å²) in [5.41, 5.74) is 6.44. The van der Waals surface area contributed by atoms with E-state index in [1.165, 1.54) is 6.33 Å². The highest BCUT2D eigenvalue weighted by atomic mass is 35.5. The molecule has 0 saturated heterocycles. The van der Waals surface area contributed by atoms with Gasteiger partial charge in [-0.15, -0.1) is 0 Å². The minimum absolute atomic E-state index is 0.0417. The average Bonchev–Trinajstić information content (AvgIpc) is 2.37. The van der Waals surface area contributed by atoms with Gasteiger partial charge in [0.25, 0.3) is 0 Å². The third-order valence-electron chi connectivity index (χ3n) is 2.34. The van der Waals surface area contributed by atoms with E-state index < -0.39 is 0 Å². The zero-order valence-corrected chi connectivity index (χ0v) is 10.3. The number of aliphatic hydroxyl groups is 1. The van der Waals surface area contributed by atoms with Gasteiger partial charge in [-0.05, 0) is 18.1 Å². The van der Waals surface area contributed by atoms with Crippen LogP contribution in [0.15, 0.2) is 30.6 Å². The molecule has 0 atom stereocenters. The smallest absolute Gasteiger partial charge is 0.243 e. The molecule has 0 bridgehead atoms. The summed E-state index contributed by atoms with van der Waals surface area (Å²) < 4.78 is 5.60. The van der Waals surface area contributed by atoms with Gasteiger partial charge in [-0.2, -0.15) is 4.98 Å². The van der Waals surface area contributed by atoms with Gasteiger partial charge in [-0.3, -0.25) is 0 Å². The van der Waals surface area contributed by atoms with Crippen LogP contribution < -0.4 is 10.5 Å². The molecule has 0 aliphatic rings. The maximum atomic E-state index is 8.98. The van der Waals surface area contributed by atoms with E-state index >= 15 is 0 Å². The topological polar surface area (TPSA) is 81.3 Å². The molecule has 0 aliphatic heterocycles. The predicted molar refractivity (Wildman–Crippen MR) is 68.8 cm³/mol. The van der Waals surface area contributed by atoms with Crippen LogP contribution in [-0.2, 0) is 6.42 Å². The molecule has 6 heteroatoms. The fourth-order valence-corrected chi connectivity index (χ4v) is 1.61. The van der Waals surface area contributed by atoms with Gasteiger partial charge in [0.2, 0.25) is 5.88 Å². The number of aromatic nitrogens is 2. The van der Waals surface area contributed by atoms with E-state index in [9.17, 15) is 0 Å². The first-order valence-corrected chi connectivity index (χ1v) is 5.72. The third-order valence-corrected chi connectivity index (χ3v) is 2.70. The van der Waals surface area contributed by atoms with Crippen LogP contribution in [0.4, 0.5) is 5.82 Å². The van der Waals surface area contributed by atoms with Crippen molar-refractivity contribution >= 4 is 17.4 Å². The predicted octanol–water partition coefficient (Wildman–Crippen LogP) is 2.04. The Bertz CT molecular complexity index is 549. The number of rotatable bonds is 4. The van der Waals surface area contributed by atoms with Crippen LogP contribution in [0.25, 0.3) is 0 Å². The van der Waals surface area contributed by atoms with E-state index in [2.05, 4.69) is 9.97 Å². The third kappa shape index (κ3) is 2.69. The van der Waals surface area contributed by atoms with Crippen LogP contribution in [0.3, 0.4) is 0 Å². The van der Waals surface area contributed by atoms with Crippen molar-refractivity contribution in [2.75, 3.05) is 12.3 Å². The van der Waals surface area contributed by atoms with Crippen molar-refractivity contribution in [2.24, 2.45) is 0 Å². The second kappa shape index (κ2) is 5.66. The van der Waals surface area contributed by atoms with Gasteiger partial charge in [-0.25, -0.2) is 4.98 Å². The Morgan fingerprint density at radius 3 is 2.83 bits per heavy atom. The molecule has 0 amide bonds. The Morgan fingerprint density at radius 1 is 1.28 bits per heavy atom. The first-order valence-electron chi connectivity index (χ1n) is 5.35. The molecular weight excluding hydrogens is 254 g/mol. The highest BCUT2D eigenvalue weighted by Gasteiger charge is 2.11. The Hall–Kier alpha value is -1.85. The normalized spacial score (nSPS) is 10.3. The lowest BCUT2D eigenvalue weighted by Gasteiger charge is -2.10. The molecule has 94 valence electrons. The molecular formula is C12H12ClN3O2. The van der Waals surface area contributed by atoms with Gasteiger partial charge >= 0.3 is 0 Å². The first kappa shape index (κ1) is 12.6. The minimum atomic E-state index is 0.0417. The molecule has 0 fully saturated rings. The van der Waals surface area contributed by atoms with Gasteiger partial charge in [0.1, 0.15) is 22.9 Å². The zero-order valence-electron chi connectivity index (χ0n) is 9.51. The molecule has 0 saturated carbocycles. The molecule has 1 aromatic carbocycles.